The van der Waals surface area contributed by atoms with E-state index in [1.165, 1.54) is 5.56 Å². The highest BCUT2D eigenvalue weighted by atomic mass is 19.1. The van der Waals surface area contributed by atoms with Crippen LogP contribution in [0, 0.1) is 5.82 Å². The van der Waals surface area contributed by atoms with Crippen LogP contribution >= 0.6 is 0 Å². The van der Waals surface area contributed by atoms with Crippen LogP contribution in [0.5, 0.6) is 0 Å². The number of likely N-dealkylation sites (N-methyl/N-ethyl adjacent to an activating group) is 1. The van der Waals surface area contributed by atoms with Crippen molar-refractivity contribution >= 4 is 0 Å². The second kappa shape index (κ2) is 4.93. The van der Waals surface area contributed by atoms with E-state index in [9.17, 15) is 4.39 Å². The lowest BCUT2D eigenvalue weighted by Crippen LogP contribution is -2.45. The number of nitrogens with one attached hydrogen (secondary N) is 2. The summed E-state index contributed by atoms with van der Waals surface area (Å²) in [6.07, 6.45) is 2.22. The molecule has 0 amide bonds. The summed E-state index contributed by atoms with van der Waals surface area (Å²) in [4.78, 5) is 0. The van der Waals surface area contributed by atoms with Gasteiger partial charge < -0.3 is 10.6 Å². The fourth-order valence-electron chi connectivity index (χ4n) is 2.61. The summed E-state index contributed by atoms with van der Waals surface area (Å²) in [6.45, 7) is 3.04. The number of hydrogen-bond acceptors (Lipinski definition) is 2. The van der Waals surface area contributed by atoms with Crippen molar-refractivity contribution in [2.45, 2.75) is 18.3 Å². The SMILES string of the molecule is CNCC1(c2ccc(F)cc2)CCNCC1. The number of piperidine rings is 1. The van der Waals surface area contributed by atoms with Gasteiger partial charge in [-0.3, -0.25) is 0 Å². The lowest BCUT2D eigenvalue weighted by atomic mass is 9.73. The minimum Gasteiger partial charge on any atom is -0.319 e. The van der Waals surface area contributed by atoms with Gasteiger partial charge in [0.05, 0.1) is 0 Å². The van der Waals surface area contributed by atoms with Gasteiger partial charge in [0.25, 0.3) is 0 Å². The van der Waals surface area contributed by atoms with Crippen molar-refractivity contribution < 1.29 is 4.39 Å². The van der Waals surface area contributed by atoms with Gasteiger partial charge in [0.1, 0.15) is 5.82 Å². The van der Waals surface area contributed by atoms with Gasteiger partial charge in [0.2, 0.25) is 0 Å². The molecule has 0 radical (unpaired) electrons. The van der Waals surface area contributed by atoms with Crippen LogP contribution in [-0.2, 0) is 5.41 Å². The molecule has 88 valence electrons. The summed E-state index contributed by atoms with van der Waals surface area (Å²) >= 11 is 0. The van der Waals surface area contributed by atoms with E-state index in [-0.39, 0.29) is 11.2 Å². The van der Waals surface area contributed by atoms with Crippen LogP contribution in [0.1, 0.15) is 18.4 Å². The summed E-state index contributed by atoms with van der Waals surface area (Å²) in [5.41, 5.74) is 1.43. The first-order chi connectivity index (χ1) is 7.77. The van der Waals surface area contributed by atoms with Gasteiger partial charge in [-0.2, -0.15) is 0 Å². The predicted molar refractivity (Wildman–Crippen MR) is 64.1 cm³/mol. The van der Waals surface area contributed by atoms with Crippen molar-refractivity contribution in [3.63, 3.8) is 0 Å². The van der Waals surface area contributed by atoms with Crippen LogP contribution in [0.3, 0.4) is 0 Å². The van der Waals surface area contributed by atoms with E-state index < -0.39 is 0 Å². The molecule has 3 heteroatoms. The topological polar surface area (TPSA) is 24.1 Å². The highest BCUT2D eigenvalue weighted by Gasteiger charge is 2.32. The van der Waals surface area contributed by atoms with Crippen molar-refractivity contribution in [1.29, 1.82) is 0 Å². The van der Waals surface area contributed by atoms with E-state index in [1.54, 1.807) is 12.1 Å². The van der Waals surface area contributed by atoms with Crippen molar-refractivity contribution in [3.05, 3.63) is 35.6 Å². The van der Waals surface area contributed by atoms with Gasteiger partial charge in [0.15, 0.2) is 0 Å². The van der Waals surface area contributed by atoms with Crippen LogP contribution in [-0.4, -0.2) is 26.7 Å². The van der Waals surface area contributed by atoms with Gasteiger partial charge in [-0.05, 0) is 50.7 Å². The second-order valence-electron chi connectivity index (χ2n) is 4.57. The zero-order valence-electron chi connectivity index (χ0n) is 9.72. The molecule has 0 unspecified atom stereocenters. The number of rotatable bonds is 3. The summed E-state index contributed by atoms with van der Waals surface area (Å²) in [5.74, 6) is -0.155. The molecule has 1 aromatic carbocycles. The summed E-state index contributed by atoms with van der Waals surface area (Å²) in [7, 11) is 1.98. The molecule has 1 aliphatic heterocycles. The van der Waals surface area contributed by atoms with Crippen LogP contribution in [0.4, 0.5) is 4.39 Å². The third-order valence-corrected chi connectivity index (χ3v) is 3.53. The molecule has 1 aromatic rings. The molecule has 1 saturated heterocycles. The quantitative estimate of drug-likeness (QED) is 0.813. The maximum Gasteiger partial charge on any atom is 0.123 e. The molecule has 1 aliphatic rings. The van der Waals surface area contributed by atoms with E-state index in [4.69, 9.17) is 0 Å². The van der Waals surface area contributed by atoms with E-state index in [1.807, 2.05) is 19.2 Å². The fraction of sp³-hybridized carbons (Fsp3) is 0.538. The monoisotopic (exact) mass is 222 g/mol. The zero-order chi connectivity index (χ0) is 11.4. The van der Waals surface area contributed by atoms with Crippen molar-refractivity contribution in [2.75, 3.05) is 26.7 Å². The van der Waals surface area contributed by atoms with Crippen molar-refractivity contribution in [3.8, 4) is 0 Å². The molecular weight excluding hydrogens is 203 g/mol. The zero-order valence-corrected chi connectivity index (χ0v) is 9.72. The summed E-state index contributed by atoms with van der Waals surface area (Å²) in [5, 5.41) is 6.65. The smallest absolute Gasteiger partial charge is 0.123 e. The Balaban J connectivity index is 2.26. The van der Waals surface area contributed by atoms with Crippen molar-refractivity contribution in [1.82, 2.24) is 10.6 Å². The second-order valence-corrected chi connectivity index (χ2v) is 4.57. The Morgan fingerprint density at radius 3 is 2.44 bits per heavy atom. The first-order valence-corrected chi connectivity index (χ1v) is 5.88. The summed E-state index contributed by atoms with van der Waals surface area (Å²) < 4.78 is 12.9. The molecular formula is C13H19FN2. The lowest BCUT2D eigenvalue weighted by molar-refractivity contribution is 0.300. The molecule has 2 rings (SSSR count). The molecule has 0 bridgehead atoms. The van der Waals surface area contributed by atoms with Crippen molar-refractivity contribution in [2.24, 2.45) is 0 Å². The first-order valence-electron chi connectivity index (χ1n) is 5.88. The molecule has 2 N–H and O–H groups in total. The largest absolute Gasteiger partial charge is 0.319 e. The maximum atomic E-state index is 12.9. The molecule has 16 heavy (non-hydrogen) atoms. The van der Waals surface area contributed by atoms with Gasteiger partial charge in [-0.25, -0.2) is 4.39 Å². The summed E-state index contributed by atoms with van der Waals surface area (Å²) in [6, 6.07) is 6.99. The third kappa shape index (κ3) is 2.25. The third-order valence-electron chi connectivity index (χ3n) is 3.53. The first kappa shape index (κ1) is 11.6. The Hall–Kier alpha value is -0.930. The average Bonchev–Trinajstić information content (AvgIpc) is 2.31. The molecule has 1 fully saturated rings. The minimum absolute atomic E-state index is 0.155. The van der Waals surface area contributed by atoms with Crippen LogP contribution in [0.2, 0.25) is 0 Å². The molecule has 0 saturated carbocycles. The van der Waals surface area contributed by atoms with E-state index >= 15 is 0 Å². The molecule has 0 spiro atoms. The van der Waals surface area contributed by atoms with E-state index in [0.717, 1.165) is 32.5 Å². The Bertz CT molecular complexity index is 323. The standard InChI is InChI=1S/C13H19FN2/c1-15-10-13(6-8-16-9-7-13)11-2-4-12(14)5-3-11/h2-5,15-16H,6-10H2,1H3. The van der Waals surface area contributed by atoms with Gasteiger partial charge >= 0.3 is 0 Å². The molecule has 0 aliphatic carbocycles. The highest BCUT2D eigenvalue weighted by Crippen LogP contribution is 2.32. The van der Waals surface area contributed by atoms with Crippen LogP contribution in [0.15, 0.2) is 24.3 Å². The van der Waals surface area contributed by atoms with Gasteiger partial charge in [0, 0.05) is 12.0 Å². The highest BCUT2D eigenvalue weighted by molar-refractivity contribution is 5.27. The molecule has 1 heterocycles. The van der Waals surface area contributed by atoms with E-state index in [2.05, 4.69) is 10.6 Å². The minimum atomic E-state index is -0.155. The predicted octanol–water partition coefficient (Wildman–Crippen LogP) is 1.67. The Morgan fingerprint density at radius 1 is 1.25 bits per heavy atom. The molecule has 0 aromatic heterocycles. The van der Waals surface area contributed by atoms with Crippen LogP contribution < -0.4 is 10.6 Å². The Kier molecular flexibility index (Phi) is 3.56. The number of benzene rings is 1. The van der Waals surface area contributed by atoms with Gasteiger partial charge in [-0.1, -0.05) is 12.1 Å². The fourth-order valence-corrected chi connectivity index (χ4v) is 2.61. The number of hydrogen-bond donors (Lipinski definition) is 2. The van der Waals surface area contributed by atoms with Gasteiger partial charge in [-0.15, -0.1) is 0 Å². The van der Waals surface area contributed by atoms with Crippen LogP contribution in [0.25, 0.3) is 0 Å². The maximum absolute atomic E-state index is 12.9. The molecule has 2 nitrogen and oxygen atoms in total. The average molecular weight is 222 g/mol. The number of halogens is 1. The lowest BCUT2D eigenvalue weighted by Gasteiger charge is -2.38. The Labute approximate surface area is 96.2 Å². The molecule has 0 atom stereocenters. The Morgan fingerprint density at radius 2 is 1.88 bits per heavy atom. The van der Waals surface area contributed by atoms with E-state index in [0.29, 0.717) is 0 Å². The normalized spacial score (nSPS) is 19.6.